The molecule has 0 spiro atoms. The van der Waals surface area contributed by atoms with Gasteiger partial charge in [-0.25, -0.2) is 0 Å². The molecular formula is C14H22BrNO. The summed E-state index contributed by atoms with van der Waals surface area (Å²) in [4.78, 5) is 2.39. The molecule has 96 valence electrons. The third-order valence-corrected chi connectivity index (χ3v) is 3.28. The minimum atomic E-state index is 0.208. The first-order valence-electron chi connectivity index (χ1n) is 6.24. The maximum Gasteiger partial charge on any atom is 0.133 e. The monoisotopic (exact) mass is 299 g/mol. The summed E-state index contributed by atoms with van der Waals surface area (Å²) >= 11 is 3.57. The van der Waals surface area contributed by atoms with Gasteiger partial charge in [-0.1, -0.05) is 19.9 Å². The molecule has 1 rings (SSSR count). The summed E-state index contributed by atoms with van der Waals surface area (Å²) in [6.07, 6.45) is 0.208. The van der Waals surface area contributed by atoms with E-state index in [1.807, 2.05) is 19.9 Å². The van der Waals surface area contributed by atoms with Crippen LogP contribution in [-0.4, -0.2) is 24.1 Å². The van der Waals surface area contributed by atoms with Crippen LogP contribution in [0.4, 0.5) is 0 Å². The Morgan fingerprint density at radius 3 is 2.35 bits per heavy atom. The summed E-state index contributed by atoms with van der Waals surface area (Å²) in [6.45, 7) is 11.6. The quantitative estimate of drug-likeness (QED) is 0.785. The fraction of sp³-hybridized carbons (Fsp3) is 0.571. The van der Waals surface area contributed by atoms with Crippen molar-refractivity contribution in [2.45, 2.75) is 40.3 Å². The molecule has 2 nitrogen and oxygen atoms in total. The van der Waals surface area contributed by atoms with E-state index in [4.69, 9.17) is 4.74 Å². The van der Waals surface area contributed by atoms with Gasteiger partial charge in [0.15, 0.2) is 0 Å². The molecule has 0 saturated carbocycles. The largest absolute Gasteiger partial charge is 0.490 e. The molecule has 0 aromatic heterocycles. The molecule has 17 heavy (non-hydrogen) atoms. The topological polar surface area (TPSA) is 12.5 Å². The number of hydrogen-bond donors (Lipinski definition) is 0. The lowest BCUT2D eigenvalue weighted by Gasteiger charge is -2.19. The third kappa shape index (κ3) is 4.68. The average Bonchev–Trinajstić information content (AvgIpc) is 2.29. The van der Waals surface area contributed by atoms with Gasteiger partial charge in [0.2, 0.25) is 0 Å². The maximum atomic E-state index is 5.70. The second kappa shape index (κ2) is 7.02. The van der Waals surface area contributed by atoms with E-state index < -0.39 is 0 Å². The number of rotatable bonds is 6. The standard InChI is InChI=1S/C14H22BrNO/c1-5-16(6-2)10-12-7-8-14(13(15)9-12)17-11(3)4/h7-9,11H,5-6,10H2,1-4H3. The van der Waals surface area contributed by atoms with Gasteiger partial charge >= 0.3 is 0 Å². The summed E-state index contributed by atoms with van der Waals surface area (Å²) < 4.78 is 6.73. The van der Waals surface area contributed by atoms with Crippen molar-refractivity contribution in [2.24, 2.45) is 0 Å². The van der Waals surface area contributed by atoms with Gasteiger partial charge < -0.3 is 4.74 Å². The van der Waals surface area contributed by atoms with E-state index in [-0.39, 0.29) is 6.10 Å². The molecule has 0 atom stereocenters. The van der Waals surface area contributed by atoms with Crippen molar-refractivity contribution in [3.8, 4) is 5.75 Å². The molecule has 3 heteroatoms. The number of ether oxygens (including phenoxy) is 1. The molecule has 1 aromatic rings. The van der Waals surface area contributed by atoms with Crippen molar-refractivity contribution >= 4 is 15.9 Å². The fourth-order valence-electron chi connectivity index (χ4n) is 1.70. The molecule has 0 N–H and O–H groups in total. The smallest absolute Gasteiger partial charge is 0.133 e. The fourth-order valence-corrected chi connectivity index (χ4v) is 2.22. The molecule has 0 heterocycles. The normalized spacial score (nSPS) is 11.2. The van der Waals surface area contributed by atoms with Crippen LogP contribution in [0.15, 0.2) is 22.7 Å². The molecule has 0 amide bonds. The summed E-state index contributed by atoms with van der Waals surface area (Å²) in [5.41, 5.74) is 1.32. The first-order chi connectivity index (χ1) is 8.06. The maximum absolute atomic E-state index is 5.70. The van der Waals surface area contributed by atoms with Crippen LogP contribution in [0.1, 0.15) is 33.3 Å². The second-order valence-electron chi connectivity index (χ2n) is 4.39. The van der Waals surface area contributed by atoms with Crippen molar-refractivity contribution in [1.82, 2.24) is 4.90 Å². The van der Waals surface area contributed by atoms with E-state index >= 15 is 0 Å². The highest BCUT2D eigenvalue weighted by Gasteiger charge is 2.06. The lowest BCUT2D eigenvalue weighted by molar-refractivity contribution is 0.240. The molecule has 0 radical (unpaired) electrons. The van der Waals surface area contributed by atoms with E-state index in [0.717, 1.165) is 29.9 Å². The van der Waals surface area contributed by atoms with Gasteiger partial charge in [-0.2, -0.15) is 0 Å². The minimum Gasteiger partial charge on any atom is -0.490 e. The summed E-state index contributed by atoms with van der Waals surface area (Å²) in [5.74, 6) is 0.920. The van der Waals surface area contributed by atoms with E-state index in [1.54, 1.807) is 0 Å². The first-order valence-corrected chi connectivity index (χ1v) is 7.03. The van der Waals surface area contributed by atoms with Crippen molar-refractivity contribution in [3.05, 3.63) is 28.2 Å². The van der Waals surface area contributed by atoms with Crippen molar-refractivity contribution in [2.75, 3.05) is 13.1 Å². The van der Waals surface area contributed by atoms with Gasteiger partial charge in [0.1, 0.15) is 5.75 Å². The van der Waals surface area contributed by atoms with Gasteiger partial charge in [0.25, 0.3) is 0 Å². The number of halogens is 1. The number of hydrogen-bond acceptors (Lipinski definition) is 2. The SMILES string of the molecule is CCN(CC)Cc1ccc(OC(C)C)c(Br)c1. The number of benzene rings is 1. The predicted molar refractivity (Wildman–Crippen MR) is 76.5 cm³/mol. The van der Waals surface area contributed by atoms with Crippen molar-refractivity contribution in [1.29, 1.82) is 0 Å². The van der Waals surface area contributed by atoms with E-state index in [0.29, 0.717) is 0 Å². The summed E-state index contributed by atoms with van der Waals surface area (Å²) in [7, 11) is 0. The molecule has 0 fully saturated rings. The van der Waals surface area contributed by atoms with Gasteiger partial charge in [-0.3, -0.25) is 4.90 Å². The first kappa shape index (κ1) is 14.5. The third-order valence-electron chi connectivity index (χ3n) is 2.66. The zero-order valence-corrected chi connectivity index (χ0v) is 12.8. The van der Waals surface area contributed by atoms with Crippen molar-refractivity contribution in [3.63, 3.8) is 0 Å². The summed E-state index contributed by atoms with van der Waals surface area (Å²) in [5, 5.41) is 0. The van der Waals surface area contributed by atoms with Crippen LogP contribution < -0.4 is 4.74 Å². The minimum absolute atomic E-state index is 0.208. The van der Waals surface area contributed by atoms with E-state index in [2.05, 4.69) is 46.8 Å². The van der Waals surface area contributed by atoms with Crippen LogP contribution in [0.5, 0.6) is 5.75 Å². The molecule has 1 aromatic carbocycles. The Kier molecular flexibility index (Phi) is 6.00. The van der Waals surface area contributed by atoms with Crippen LogP contribution >= 0.6 is 15.9 Å². The van der Waals surface area contributed by atoms with E-state index in [1.165, 1.54) is 5.56 Å². The average molecular weight is 300 g/mol. The van der Waals surface area contributed by atoms with Gasteiger partial charge in [0, 0.05) is 6.54 Å². The molecular weight excluding hydrogens is 278 g/mol. The van der Waals surface area contributed by atoms with Crippen LogP contribution in [0.25, 0.3) is 0 Å². The molecule has 0 aliphatic rings. The lowest BCUT2D eigenvalue weighted by atomic mass is 10.2. The van der Waals surface area contributed by atoms with Gasteiger partial charge in [-0.15, -0.1) is 0 Å². The highest BCUT2D eigenvalue weighted by molar-refractivity contribution is 9.10. The molecule has 0 aliphatic carbocycles. The second-order valence-corrected chi connectivity index (χ2v) is 5.25. The van der Waals surface area contributed by atoms with Crippen LogP contribution in [0.2, 0.25) is 0 Å². The summed E-state index contributed by atoms with van der Waals surface area (Å²) in [6, 6.07) is 6.33. The van der Waals surface area contributed by atoms with Crippen LogP contribution in [-0.2, 0) is 6.54 Å². The Labute approximate surface area is 113 Å². The van der Waals surface area contributed by atoms with E-state index in [9.17, 15) is 0 Å². The highest BCUT2D eigenvalue weighted by atomic mass is 79.9. The highest BCUT2D eigenvalue weighted by Crippen LogP contribution is 2.27. The molecule has 0 unspecified atom stereocenters. The van der Waals surface area contributed by atoms with Gasteiger partial charge in [-0.05, 0) is 60.6 Å². The Bertz CT molecular complexity index is 348. The molecule has 0 aliphatic heterocycles. The Morgan fingerprint density at radius 2 is 1.88 bits per heavy atom. The van der Waals surface area contributed by atoms with Gasteiger partial charge in [0.05, 0.1) is 10.6 Å². The number of nitrogens with zero attached hydrogens (tertiary/aromatic N) is 1. The Balaban J connectivity index is 2.74. The predicted octanol–water partition coefficient (Wildman–Crippen LogP) is 4.08. The zero-order valence-electron chi connectivity index (χ0n) is 11.2. The Morgan fingerprint density at radius 1 is 1.24 bits per heavy atom. The molecule has 0 bridgehead atoms. The zero-order chi connectivity index (χ0) is 12.8. The van der Waals surface area contributed by atoms with Crippen LogP contribution in [0, 0.1) is 0 Å². The van der Waals surface area contributed by atoms with Crippen LogP contribution in [0.3, 0.4) is 0 Å². The Hall–Kier alpha value is -0.540. The lowest BCUT2D eigenvalue weighted by Crippen LogP contribution is -2.22. The van der Waals surface area contributed by atoms with Crippen molar-refractivity contribution < 1.29 is 4.74 Å². The molecule has 0 saturated heterocycles.